The molecular formula is C16H14N2O5. The predicted octanol–water partition coefficient (Wildman–Crippen LogP) is 2.24. The van der Waals surface area contributed by atoms with Crippen molar-refractivity contribution in [1.82, 2.24) is 5.32 Å². The van der Waals surface area contributed by atoms with Crippen LogP contribution in [0.15, 0.2) is 48.5 Å². The molecule has 0 spiro atoms. The molecule has 0 aromatic heterocycles. The minimum atomic E-state index is -0.686. The molecule has 0 heterocycles. The van der Waals surface area contributed by atoms with Gasteiger partial charge in [0, 0.05) is 11.6 Å². The zero-order valence-corrected chi connectivity index (χ0v) is 12.3. The van der Waals surface area contributed by atoms with Crippen LogP contribution in [0, 0.1) is 17.0 Å². The summed E-state index contributed by atoms with van der Waals surface area (Å²) in [6.45, 7) is 1.21. The van der Waals surface area contributed by atoms with Gasteiger partial charge in [-0.1, -0.05) is 24.3 Å². The maximum atomic E-state index is 11.8. The van der Waals surface area contributed by atoms with E-state index in [4.69, 9.17) is 4.74 Å². The number of benzene rings is 2. The number of aryl methyl sites for hydroxylation is 1. The Morgan fingerprint density at radius 2 is 1.87 bits per heavy atom. The van der Waals surface area contributed by atoms with Crippen LogP contribution in [-0.4, -0.2) is 23.3 Å². The molecule has 23 heavy (non-hydrogen) atoms. The number of nitrogens with zero attached hydrogens (tertiary/aromatic N) is 1. The van der Waals surface area contributed by atoms with E-state index in [1.807, 2.05) is 0 Å². The molecule has 2 aromatic carbocycles. The lowest BCUT2D eigenvalue weighted by Gasteiger charge is -2.07. The average molecular weight is 314 g/mol. The number of nitro groups is 1. The highest BCUT2D eigenvalue weighted by Crippen LogP contribution is 2.27. The van der Waals surface area contributed by atoms with Gasteiger partial charge in [-0.05, 0) is 30.7 Å². The molecule has 0 radical (unpaired) electrons. The third-order valence-corrected chi connectivity index (χ3v) is 2.96. The molecule has 118 valence electrons. The smallest absolute Gasteiger partial charge is 0.311 e. The Morgan fingerprint density at radius 3 is 2.52 bits per heavy atom. The van der Waals surface area contributed by atoms with E-state index in [1.165, 1.54) is 12.1 Å². The second kappa shape index (κ2) is 7.17. The van der Waals surface area contributed by atoms with Gasteiger partial charge < -0.3 is 4.74 Å². The number of hydrogen-bond acceptors (Lipinski definition) is 5. The van der Waals surface area contributed by atoms with Crippen LogP contribution in [0.5, 0.6) is 5.75 Å². The average Bonchev–Trinajstić information content (AvgIpc) is 2.54. The highest BCUT2D eigenvalue weighted by molar-refractivity contribution is 6.05. The van der Waals surface area contributed by atoms with Gasteiger partial charge in [-0.25, -0.2) is 0 Å². The SMILES string of the molecule is Cc1ccc(OCC(=O)NC(=O)c2ccccc2)c([N+](=O)[O-])c1. The molecule has 2 rings (SSSR count). The molecule has 7 nitrogen and oxygen atoms in total. The number of nitrogens with one attached hydrogen (secondary N) is 1. The van der Waals surface area contributed by atoms with Crippen molar-refractivity contribution in [1.29, 1.82) is 0 Å². The van der Waals surface area contributed by atoms with Crippen LogP contribution < -0.4 is 10.1 Å². The molecule has 2 amide bonds. The summed E-state index contributed by atoms with van der Waals surface area (Å²) >= 11 is 0. The van der Waals surface area contributed by atoms with E-state index in [2.05, 4.69) is 5.32 Å². The normalized spacial score (nSPS) is 9.96. The fourth-order valence-electron chi connectivity index (χ4n) is 1.86. The Bertz CT molecular complexity index is 743. The summed E-state index contributed by atoms with van der Waals surface area (Å²) in [6, 6.07) is 12.6. The van der Waals surface area contributed by atoms with E-state index in [9.17, 15) is 19.7 Å². The molecule has 0 unspecified atom stereocenters. The Morgan fingerprint density at radius 1 is 1.17 bits per heavy atom. The first-order chi connectivity index (χ1) is 11.0. The van der Waals surface area contributed by atoms with Crippen LogP contribution >= 0.6 is 0 Å². The molecule has 0 bridgehead atoms. The number of rotatable bonds is 5. The van der Waals surface area contributed by atoms with Gasteiger partial charge in [0.25, 0.3) is 11.8 Å². The fraction of sp³-hybridized carbons (Fsp3) is 0.125. The Labute approximate surface area is 132 Å². The standard InChI is InChI=1S/C16H14N2O5/c1-11-7-8-14(13(9-11)18(21)22)23-10-15(19)17-16(20)12-5-3-2-4-6-12/h2-9H,10H2,1H3,(H,17,19,20). The van der Waals surface area contributed by atoms with Crippen molar-refractivity contribution in [3.05, 3.63) is 69.8 Å². The lowest BCUT2D eigenvalue weighted by Crippen LogP contribution is -2.34. The van der Waals surface area contributed by atoms with Gasteiger partial charge >= 0.3 is 5.69 Å². The van der Waals surface area contributed by atoms with E-state index in [-0.39, 0.29) is 11.4 Å². The zero-order chi connectivity index (χ0) is 16.8. The maximum absolute atomic E-state index is 11.8. The van der Waals surface area contributed by atoms with Crippen LogP contribution in [0.2, 0.25) is 0 Å². The van der Waals surface area contributed by atoms with Crippen molar-refractivity contribution in [3.63, 3.8) is 0 Å². The number of amides is 2. The Hall–Kier alpha value is -3.22. The van der Waals surface area contributed by atoms with Gasteiger partial charge in [0.2, 0.25) is 0 Å². The second-order valence-corrected chi connectivity index (χ2v) is 4.76. The van der Waals surface area contributed by atoms with Crippen molar-refractivity contribution in [2.24, 2.45) is 0 Å². The first-order valence-corrected chi connectivity index (χ1v) is 6.74. The summed E-state index contributed by atoms with van der Waals surface area (Å²) < 4.78 is 5.15. The highest BCUT2D eigenvalue weighted by atomic mass is 16.6. The van der Waals surface area contributed by atoms with Gasteiger partial charge in [-0.2, -0.15) is 0 Å². The summed E-state index contributed by atoms with van der Waals surface area (Å²) in [6.07, 6.45) is 0. The molecule has 0 aliphatic carbocycles. The molecular weight excluding hydrogens is 300 g/mol. The molecule has 2 aromatic rings. The fourth-order valence-corrected chi connectivity index (χ4v) is 1.86. The van der Waals surface area contributed by atoms with E-state index in [0.29, 0.717) is 11.1 Å². The van der Waals surface area contributed by atoms with Crippen molar-refractivity contribution in [3.8, 4) is 5.75 Å². The van der Waals surface area contributed by atoms with Gasteiger partial charge in [0.05, 0.1) is 4.92 Å². The van der Waals surface area contributed by atoms with E-state index < -0.39 is 23.3 Å². The van der Waals surface area contributed by atoms with Crippen LogP contribution in [0.4, 0.5) is 5.69 Å². The molecule has 1 N–H and O–H groups in total. The predicted molar refractivity (Wildman–Crippen MR) is 82.2 cm³/mol. The largest absolute Gasteiger partial charge is 0.477 e. The summed E-state index contributed by atoms with van der Waals surface area (Å²) in [7, 11) is 0. The zero-order valence-electron chi connectivity index (χ0n) is 12.3. The van der Waals surface area contributed by atoms with Gasteiger partial charge in [0.1, 0.15) is 0 Å². The number of hydrogen-bond donors (Lipinski definition) is 1. The minimum absolute atomic E-state index is 0.0251. The van der Waals surface area contributed by atoms with Crippen molar-refractivity contribution < 1.29 is 19.2 Å². The third kappa shape index (κ3) is 4.37. The molecule has 7 heteroatoms. The molecule has 0 saturated heterocycles. The van der Waals surface area contributed by atoms with Crippen LogP contribution in [0.3, 0.4) is 0 Å². The number of nitro benzene ring substituents is 1. The van der Waals surface area contributed by atoms with Gasteiger partial charge in [-0.15, -0.1) is 0 Å². The Kier molecular flexibility index (Phi) is 5.03. The summed E-state index contributed by atoms with van der Waals surface area (Å²) in [5.74, 6) is -1.27. The van der Waals surface area contributed by atoms with Crippen LogP contribution in [0.25, 0.3) is 0 Å². The van der Waals surface area contributed by atoms with Crippen LogP contribution in [-0.2, 0) is 4.79 Å². The maximum Gasteiger partial charge on any atom is 0.311 e. The topological polar surface area (TPSA) is 98.5 Å². The second-order valence-electron chi connectivity index (χ2n) is 4.76. The summed E-state index contributed by atoms with van der Waals surface area (Å²) in [5, 5.41) is 13.1. The van der Waals surface area contributed by atoms with Gasteiger partial charge in [0.15, 0.2) is 12.4 Å². The van der Waals surface area contributed by atoms with E-state index >= 15 is 0 Å². The third-order valence-electron chi connectivity index (χ3n) is 2.96. The van der Waals surface area contributed by atoms with Crippen molar-refractivity contribution >= 4 is 17.5 Å². The van der Waals surface area contributed by atoms with E-state index in [0.717, 1.165) is 0 Å². The number of ether oxygens (including phenoxy) is 1. The summed E-state index contributed by atoms with van der Waals surface area (Å²) in [4.78, 5) is 33.9. The number of imide groups is 1. The van der Waals surface area contributed by atoms with Crippen LogP contribution in [0.1, 0.15) is 15.9 Å². The molecule has 0 saturated carbocycles. The van der Waals surface area contributed by atoms with E-state index in [1.54, 1.807) is 43.3 Å². The highest BCUT2D eigenvalue weighted by Gasteiger charge is 2.17. The first kappa shape index (κ1) is 16.2. The molecule has 0 aliphatic rings. The minimum Gasteiger partial charge on any atom is -0.477 e. The number of carbonyl (C=O) groups is 2. The Balaban J connectivity index is 1.97. The molecule has 0 atom stereocenters. The lowest BCUT2D eigenvalue weighted by molar-refractivity contribution is -0.385. The van der Waals surface area contributed by atoms with Crippen molar-refractivity contribution in [2.75, 3.05) is 6.61 Å². The monoisotopic (exact) mass is 314 g/mol. The molecule has 0 fully saturated rings. The number of carbonyl (C=O) groups excluding carboxylic acids is 2. The summed E-state index contributed by atoms with van der Waals surface area (Å²) in [5.41, 5.74) is 0.808. The molecule has 0 aliphatic heterocycles. The first-order valence-electron chi connectivity index (χ1n) is 6.74. The van der Waals surface area contributed by atoms with Crippen molar-refractivity contribution in [2.45, 2.75) is 6.92 Å². The quantitative estimate of drug-likeness (QED) is 0.674. The lowest BCUT2D eigenvalue weighted by atomic mass is 10.2. The van der Waals surface area contributed by atoms with Gasteiger partial charge in [-0.3, -0.25) is 25.0 Å².